The van der Waals surface area contributed by atoms with Gasteiger partial charge in [-0.1, -0.05) is 12.2 Å². The number of piperidine rings is 1. The Morgan fingerprint density at radius 2 is 1.92 bits per heavy atom. The summed E-state index contributed by atoms with van der Waals surface area (Å²) < 4.78 is 5.47. The maximum atomic E-state index is 13.5. The number of fused-ring (bicyclic) bond motifs is 6. The molecule has 5 heterocycles. The van der Waals surface area contributed by atoms with Crippen LogP contribution in [-0.2, 0) is 9.53 Å². The summed E-state index contributed by atoms with van der Waals surface area (Å²) in [4.78, 5) is 15.9. The Hall–Kier alpha value is -2.21. The van der Waals surface area contributed by atoms with E-state index in [2.05, 4.69) is 67.6 Å². The minimum atomic E-state index is -0.777. The Balaban J connectivity index is 1.18. The quantitative estimate of drug-likeness (QED) is 0.380. The van der Waals surface area contributed by atoms with Crippen LogP contribution < -0.4 is 26.2 Å². The number of benzene rings is 1. The van der Waals surface area contributed by atoms with E-state index in [1.54, 1.807) is 0 Å². The van der Waals surface area contributed by atoms with E-state index in [1.165, 1.54) is 5.69 Å². The molecule has 5 N–H and O–H groups in total. The molecular weight excluding hydrogens is 470 g/mol. The van der Waals surface area contributed by atoms with Gasteiger partial charge in [-0.25, -0.2) is 0 Å². The van der Waals surface area contributed by atoms with Crippen LogP contribution in [0.25, 0.3) is 0 Å². The van der Waals surface area contributed by atoms with Crippen LogP contribution in [0.4, 0.5) is 11.4 Å². The predicted octanol–water partition coefficient (Wildman–Crippen LogP) is 0.982. The first kappa shape index (κ1) is 25.1. The third-order valence-electron chi connectivity index (χ3n) is 8.65. The summed E-state index contributed by atoms with van der Waals surface area (Å²) in [6.07, 6.45) is 8.32. The lowest BCUT2D eigenvalue weighted by atomic mass is 9.85. The molecule has 10 heteroatoms. The average molecular weight is 512 g/mol. The van der Waals surface area contributed by atoms with Gasteiger partial charge in [-0.3, -0.25) is 25.8 Å². The van der Waals surface area contributed by atoms with Gasteiger partial charge in [0.05, 0.1) is 43.6 Å². The van der Waals surface area contributed by atoms with E-state index >= 15 is 0 Å². The van der Waals surface area contributed by atoms with Crippen molar-refractivity contribution in [3.05, 3.63) is 36.4 Å². The monoisotopic (exact) mass is 511 g/mol. The van der Waals surface area contributed by atoms with Crippen LogP contribution in [0.5, 0.6) is 0 Å². The number of hydrogen-bond acceptors (Lipinski definition) is 9. The molecule has 6 rings (SSSR count). The van der Waals surface area contributed by atoms with Crippen LogP contribution >= 0.6 is 0 Å². The van der Waals surface area contributed by atoms with Gasteiger partial charge in [0.15, 0.2) is 0 Å². The third-order valence-corrected chi connectivity index (χ3v) is 8.65. The fraction of sp³-hybridized carbons (Fsp3) is 0.667. The largest absolute Gasteiger partial charge is 0.389 e. The number of ether oxygens (including phenoxy) is 1. The molecule has 0 aromatic heterocycles. The smallest absolute Gasteiger partial charge is 0.244 e. The van der Waals surface area contributed by atoms with Gasteiger partial charge in [-0.05, 0) is 63.3 Å². The van der Waals surface area contributed by atoms with Crippen molar-refractivity contribution in [2.75, 3.05) is 49.6 Å². The Labute approximate surface area is 219 Å². The summed E-state index contributed by atoms with van der Waals surface area (Å²) in [5.74, 6) is -0.0151. The van der Waals surface area contributed by atoms with E-state index in [0.717, 1.165) is 57.7 Å². The van der Waals surface area contributed by atoms with Gasteiger partial charge in [0.25, 0.3) is 0 Å². The Morgan fingerprint density at radius 1 is 1.11 bits per heavy atom. The van der Waals surface area contributed by atoms with Gasteiger partial charge in [-0.15, -0.1) is 0 Å². The molecule has 1 aromatic carbocycles. The van der Waals surface area contributed by atoms with Crippen LogP contribution in [0.15, 0.2) is 36.4 Å². The number of rotatable bonds is 3. The van der Waals surface area contributed by atoms with E-state index in [9.17, 15) is 9.90 Å². The molecule has 202 valence electrons. The number of morpholine rings is 1. The van der Waals surface area contributed by atoms with Crippen LogP contribution in [0.2, 0.25) is 0 Å². The molecule has 5 aliphatic heterocycles. The maximum absolute atomic E-state index is 13.5. The molecule has 1 aromatic rings. The molecule has 4 saturated heterocycles. The topological polar surface area (TPSA) is 104 Å². The highest BCUT2D eigenvalue weighted by atomic mass is 16.5. The minimum absolute atomic E-state index is 0.00488. The fourth-order valence-electron chi connectivity index (χ4n) is 6.49. The summed E-state index contributed by atoms with van der Waals surface area (Å²) in [6.45, 7) is 6.49. The highest BCUT2D eigenvalue weighted by molar-refractivity contribution is 5.82. The number of amides is 1. The van der Waals surface area contributed by atoms with Crippen molar-refractivity contribution in [3.63, 3.8) is 0 Å². The molecule has 0 spiro atoms. The van der Waals surface area contributed by atoms with Gasteiger partial charge in [0.2, 0.25) is 5.91 Å². The summed E-state index contributed by atoms with van der Waals surface area (Å²) in [5, 5.41) is 29.8. The number of carbonyl (C=O) groups is 1. The Kier molecular flexibility index (Phi) is 7.13. The molecule has 6 atom stereocenters. The normalized spacial score (nSPS) is 37.9. The molecular formula is C27H41N7O3. The zero-order chi connectivity index (χ0) is 25.4. The van der Waals surface area contributed by atoms with Crippen LogP contribution in [0.3, 0.4) is 0 Å². The first-order chi connectivity index (χ1) is 18.0. The number of allylic oxidation sites excluding steroid dienone is 1. The highest BCUT2D eigenvalue weighted by Crippen LogP contribution is 2.34. The molecule has 2 bridgehead atoms. The van der Waals surface area contributed by atoms with Crippen molar-refractivity contribution in [2.45, 2.75) is 69.3 Å². The second-order valence-electron chi connectivity index (χ2n) is 11.2. The molecule has 0 saturated carbocycles. The number of nitrogens with one attached hydrogen (secondary N) is 4. The van der Waals surface area contributed by atoms with Crippen molar-refractivity contribution in [3.8, 4) is 0 Å². The summed E-state index contributed by atoms with van der Waals surface area (Å²) in [5.41, 5.74) is 1.45. The summed E-state index contributed by atoms with van der Waals surface area (Å²) in [6, 6.07) is 8.53. The van der Waals surface area contributed by atoms with E-state index in [0.29, 0.717) is 19.5 Å². The standard InChI is InChI=1S/C27H41N7O3/c1-27(36)12-3-2-4-13-33-25(35)21-18-28-26(31-24(21)34(33)23-7-5-6-22(27)30-23)29-19-8-10-20(11-9-19)32-14-16-37-17-15-32/h2,4,8-11,21-24,26,28-31,36H,3,5-7,12-18H2,1H3/b4-2-/t21?,22?,23?,24?,26?,27-/m0/s1. The van der Waals surface area contributed by atoms with Crippen molar-refractivity contribution in [2.24, 2.45) is 5.92 Å². The second-order valence-corrected chi connectivity index (χ2v) is 11.2. The first-order valence-corrected chi connectivity index (χ1v) is 13.9. The second kappa shape index (κ2) is 10.5. The first-order valence-electron chi connectivity index (χ1n) is 13.9. The lowest BCUT2D eigenvalue weighted by Gasteiger charge is -2.47. The summed E-state index contributed by atoms with van der Waals surface area (Å²) in [7, 11) is 0. The zero-order valence-corrected chi connectivity index (χ0v) is 21.7. The highest BCUT2D eigenvalue weighted by Gasteiger charge is 2.52. The van der Waals surface area contributed by atoms with Crippen LogP contribution in [0.1, 0.15) is 39.0 Å². The molecule has 0 radical (unpaired) electrons. The Bertz CT molecular complexity index is 981. The third kappa shape index (κ3) is 5.10. The fourth-order valence-corrected chi connectivity index (χ4v) is 6.49. The molecule has 5 unspecified atom stereocenters. The Morgan fingerprint density at radius 3 is 2.73 bits per heavy atom. The molecule has 0 aliphatic carbocycles. The van der Waals surface area contributed by atoms with Crippen LogP contribution in [0, 0.1) is 5.92 Å². The number of hydrazine groups is 1. The SMILES string of the molecule is C[C@]1(O)CC/C=C\CN2C(=O)C3CNC(Nc4ccc(N5CCOCC5)cc4)NC3N2C2CCCC1N2. The van der Waals surface area contributed by atoms with Gasteiger partial charge >= 0.3 is 0 Å². The van der Waals surface area contributed by atoms with E-state index in [1.807, 2.05) is 11.9 Å². The van der Waals surface area contributed by atoms with E-state index in [-0.39, 0.29) is 36.5 Å². The van der Waals surface area contributed by atoms with Crippen molar-refractivity contribution < 1.29 is 14.6 Å². The molecule has 37 heavy (non-hydrogen) atoms. The lowest BCUT2D eigenvalue weighted by molar-refractivity contribution is -0.146. The molecule has 10 nitrogen and oxygen atoms in total. The summed E-state index contributed by atoms with van der Waals surface area (Å²) >= 11 is 0. The van der Waals surface area contributed by atoms with Crippen molar-refractivity contribution in [1.82, 2.24) is 26.0 Å². The van der Waals surface area contributed by atoms with Crippen molar-refractivity contribution >= 4 is 17.3 Å². The van der Waals surface area contributed by atoms with Gasteiger partial charge in [0.1, 0.15) is 6.29 Å². The number of aliphatic hydroxyl groups is 1. The number of hydrogen-bond donors (Lipinski definition) is 5. The van der Waals surface area contributed by atoms with Crippen molar-refractivity contribution in [1.29, 1.82) is 0 Å². The number of carbonyl (C=O) groups excluding carboxylic acids is 1. The average Bonchev–Trinajstić information content (AvgIpc) is 3.19. The predicted molar refractivity (Wildman–Crippen MR) is 142 cm³/mol. The minimum Gasteiger partial charge on any atom is -0.389 e. The molecule has 5 aliphatic rings. The lowest BCUT2D eigenvalue weighted by Crippen LogP contribution is -2.69. The molecule has 1 amide bonds. The zero-order valence-electron chi connectivity index (χ0n) is 21.7. The van der Waals surface area contributed by atoms with Gasteiger partial charge < -0.3 is 20.1 Å². The van der Waals surface area contributed by atoms with Crippen LogP contribution in [-0.4, -0.2) is 90.7 Å². The molecule has 4 fully saturated rings. The van der Waals surface area contributed by atoms with Gasteiger partial charge in [0, 0.05) is 37.1 Å². The maximum Gasteiger partial charge on any atom is 0.244 e. The van der Waals surface area contributed by atoms with E-state index < -0.39 is 5.60 Å². The van der Waals surface area contributed by atoms with E-state index in [4.69, 9.17) is 4.74 Å². The number of anilines is 2. The van der Waals surface area contributed by atoms with Gasteiger partial charge in [-0.2, -0.15) is 5.01 Å². The number of nitrogens with zero attached hydrogens (tertiary/aromatic N) is 3.